The summed E-state index contributed by atoms with van der Waals surface area (Å²) in [6.07, 6.45) is 9.38. The fourth-order valence-corrected chi connectivity index (χ4v) is 5.15. The lowest BCUT2D eigenvalue weighted by atomic mass is 9.75. The van der Waals surface area contributed by atoms with Crippen molar-refractivity contribution in [2.45, 2.75) is 38.5 Å². The maximum absolute atomic E-state index is 13.5. The monoisotopic (exact) mass is 394 g/mol. The van der Waals surface area contributed by atoms with Gasteiger partial charge in [0.2, 0.25) is 0 Å². The van der Waals surface area contributed by atoms with E-state index in [9.17, 15) is 4.79 Å². The Balaban J connectivity index is 1.36. The highest BCUT2D eigenvalue weighted by Gasteiger charge is 2.31. The van der Waals surface area contributed by atoms with Crippen LogP contribution in [0, 0.1) is 5.92 Å². The SMILES string of the molecule is CCC1C(CCC(=O)C2c3ccccc3Cc3ccccc32)=CC=C1c1ccco1. The van der Waals surface area contributed by atoms with E-state index >= 15 is 0 Å². The molecule has 0 radical (unpaired) electrons. The van der Waals surface area contributed by atoms with Crippen LogP contribution in [0.4, 0.5) is 0 Å². The van der Waals surface area contributed by atoms with Crippen LogP contribution in [0.5, 0.6) is 0 Å². The lowest BCUT2D eigenvalue weighted by Gasteiger charge is -2.28. The van der Waals surface area contributed by atoms with Crippen molar-refractivity contribution in [2.24, 2.45) is 5.92 Å². The number of ketones is 1. The molecule has 0 aliphatic heterocycles. The molecule has 0 saturated carbocycles. The molecule has 2 heteroatoms. The highest BCUT2D eigenvalue weighted by molar-refractivity contribution is 5.91. The minimum Gasteiger partial charge on any atom is -0.465 e. The Morgan fingerprint density at radius 1 is 0.933 bits per heavy atom. The normalized spacial score (nSPS) is 17.8. The molecule has 0 spiro atoms. The highest BCUT2D eigenvalue weighted by atomic mass is 16.3. The van der Waals surface area contributed by atoms with Gasteiger partial charge in [-0.05, 0) is 53.6 Å². The number of carbonyl (C=O) groups is 1. The van der Waals surface area contributed by atoms with Crippen molar-refractivity contribution >= 4 is 11.4 Å². The first-order chi connectivity index (χ1) is 14.8. The molecule has 2 aromatic carbocycles. The van der Waals surface area contributed by atoms with E-state index in [1.807, 2.05) is 12.1 Å². The van der Waals surface area contributed by atoms with Crippen LogP contribution in [0.15, 0.2) is 89.1 Å². The van der Waals surface area contributed by atoms with Gasteiger partial charge < -0.3 is 4.42 Å². The second kappa shape index (κ2) is 7.95. The van der Waals surface area contributed by atoms with Crippen LogP contribution in [0.25, 0.3) is 5.57 Å². The van der Waals surface area contributed by atoms with E-state index in [4.69, 9.17) is 4.42 Å². The largest absolute Gasteiger partial charge is 0.465 e. The van der Waals surface area contributed by atoms with Crippen molar-refractivity contribution in [2.75, 3.05) is 0 Å². The van der Waals surface area contributed by atoms with Crippen LogP contribution in [0.2, 0.25) is 0 Å². The summed E-state index contributed by atoms with van der Waals surface area (Å²) in [5, 5.41) is 0. The molecule has 2 aliphatic carbocycles. The molecular formula is C28H26O2. The molecule has 1 unspecified atom stereocenters. The average molecular weight is 395 g/mol. The topological polar surface area (TPSA) is 30.2 Å². The summed E-state index contributed by atoms with van der Waals surface area (Å²) in [6, 6.07) is 20.8. The average Bonchev–Trinajstić information content (AvgIpc) is 3.45. The van der Waals surface area contributed by atoms with E-state index in [-0.39, 0.29) is 5.92 Å². The fourth-order valence-electron chi connectivity index (χ4n) is 5.15. The molecule has 0 fully saturated rings. The van der Waals surface area contributed by atoms with Crippen molar-refractivity contribution in [3.63, 3.8) is 0 Å². The molecule has 150 valence electrons. The molecule has 2 aliphatic rings. The van der Waals surface area contributed by atoms with Gasteiger partial charge in [-0.2, -0.15) is 0 Å². The molecule has 30 heavy (non-hydrogen) atoms. The maximum atomic E-state index is 13.5. The third kappa shape index (κ3) is 3.27. The number of hydrogen-bond donors (Lipinski definition) is 0. The van der Waals surface area contributed by atoms with Gasteiger partial charge in [0.1, 0.15) is 11.5 Å². The number of allylic oxidation sites excluding steroid dienone is 4. The van der Waals surface area contributed by atoms with Gasteiger partial charge in [-0.25, -0.2) is 0 Å². The number of fused-ring (bicyclic) bond motifs is 2. The van der Waals surface area contributed by atoms with Crippen LogP contribution in [0.3, 0.4) is 0 Å². The quantitative estimate of drug-likeness (QED) is 0.465. The van der Waals surface area contributed by atoms with Gasteiger partial charge in [-0.15, -0.1) is 0 Å². The molecule has 1 aromatic heterocycles. The van der Waals surface area contributed by atoms with Crippen molar-refractivity contribution in [1.29, 1.82) is 0 Å². The zero-order chi connectivity index (χ0) is 20.5. The Kier molecular flexibility index (Phi) is 5.00. The summed E-state index contributed by atoms with van der Waals surface area (Å²) in [6.45, 7) is 2.20. The molecule has 1 atom stereocenters. The minimum atomic E-state index is -0.147. The van der Waals surface area contributed by atoms with Crippen LogP contribution >= 0.6 is 0 Å². The number of benzene rings is 2. The second-order valence-electron chi connectivity index (χ2n) is 8.28. The summed E-state index contributed by atoms with van der Waals surface area (Å²) in [5.74, 6) is 1.45. The molecular weight excluding hydrogens is 368 g/mol. The minimum absolute atomic E-state index is 0.147. The number of carbonyl (C=O) groups excluding carboxylic acids is 1. The maximum Gasteiger partial charge on any atom is 0.145 e. The summed E-state index contributed by atoms with van der Waals surface area (Å²) >= 11 is 0. The van der Waals surface area contributed by atoms with Gasteiger partial charge in [0.15, 0.2) is 0 Å². The van der Waals surface area contributed by atoms with Gasteiger partial charge >= 0.3 is 0 Å². The number of rotatable bonds is 6. The van der Waals surface area contributed by atoms with E-state index in [0.29, 0.717) is 18.1 Å². The standard InChI is InChI=1S/C28H26O2/c1-2-22-19(13-15-25(22)27-12-7-17-30-27)14-16-26(29)28-23-10-5-3-8-20(23)18-21-9-4-6-11-24(21)28/h3-13,15,17,22,28H,2,14,16,18H2,1H3. The van der Waals surface area contributed by atoms with Gasteiger partial charge in [-0.3, -0.25) is 4.79 Å². The van der Waals surface area contributed by atoms with E-state index in [0.717, 1.165) is 25.0 Å². The summed E-state index contributed by atoms with van der Waals surface area (Å²) in [7, 11) is 0. The summed E-state index contributed by atoms with van der Waals surface area (Å²) < 4.78 is 5.63. The second-order valence-corrected chi connectivity index (χ2v) is 8.28. The Morgan fingerprint density at radius 3 is 2.27 bits per heavy atom. The van der Waals surface area contributed by atoms with Crippen LogP contribution in [-0.2, 0) is 11.2 Å². The van der Waals surface area contributed by atoms with Crippen molar-refractivity contribution in [3.05, 3.63) is 113 Å². The molecule has 3 aromatic rings. The molecule has 2 nitrogen and oxygen atoms in total. The van der Waals surface area contributed by atoms with Crippen LogP contribution < -0.4 is 0 Å². The summed E-state index contributed by atoms with van der Waals surface area (Å²) in [4.78, 5) is 13.5. The predicted molar refractivity (Wildman–Crippen MR) is 120 cm³/mol. The molecule has 0 bridgehead atoms. The summed E-state index contributed by atoms with van der Waals surface area (Å²) in [5.41, 5.74) is 7.50. The Hall–Kier alpha value is -3.13. The first-order valence-electron chi connectivity index (χ1n) is 10.9. The fraction of sp³-hybridized carbons (Fsp3) is 0.250. The van der Waals surface area contributed by atoms with Crippen molar-refractivity contribution in [1.82, 2.24) is 0 Å². The first kappa shape index (κ1) is 18.9. The van der Waals surface area contributed by atoms with Gasteiger partial charge in [0.05, 0.1) is 12.2 Å². The third-order valence-corrected chi connectivity index (χ3v) is 6.61. The van der Waals surface area contributed by atoms with Crippen molar-refractivity contribution in [3.8, 4) is 0 Å². The van der Waals surface area contributed by atoms with Gasteiger partial charge in [0.25, 0.3) is 0 Å². The van der Waals surface area contributed by atoms with E-state index in [1.54, 1.807) is 6.26 Å². The lowest BCUT2D eigenvalue weighted by molar-refractivity contribution is -0.119. The molecule has 1 heterocycles. The first-order valence-corrected chi connectivity index (χ1v) is 10.9. The molecule has 0 saturated heterocycles. The Labute approximate surface area is 177 Å². The smallest absolute Gasteiger partial charge is 0.145 e. The zero-order valence-corrected chi connectivity index (χ0v) is 17.3. The third-order valence-electron chi connectivity index (χ3n) is 6.61. The molecule has 5 rings (SSSR count). The highest BCUT2D eigenvalue weighted by Crippen LogP contribution is 2.41. The van der Waals surface area contributed by atoms with E-state index < -0.39 is 0 Å². The van der Waals surface area contributed by atoms with Crippen LogP contribution in [-0.4, -0.2) is 5.78 Å². The van der Waals surface area contributed by atoms with E-state index in [1.165, 1.54) is 33.4 Å². The van der Waals surface area contributed by atoms with Crippen molar-refractivity contribution < 1.29 is 9.21 Å². The zero-order valence-electron chi connectivity index (χ0n) is 17.3. The van der Waals surface area contributed by atoms with Gasteiger partial charge in [0, 0.05) is 17.9 Å². The number of hydrogen-bond acceptors (Lipinski definition) is 2. The Morgan fingerprint density at radius 2 is 1.63 bits per heavy atom. The predicted octanol–water partition coefficient (Wildman–Crippen LogP) is 6.71. The molecule has 0 amide bonds. The van der Waals surface area contributed by atoms with Crippen LogP contribution in [0.1, 0.15) is 60.1 Å². The van der Waals surface area contributed by atoms with E-state index in [2.05, 4.69) is 67.6 Å². The lowest BCUT2D eigenvalue weighted by Crippen LogP contribution is -2.21. The van der Waals surface area contributed by atoms with Gasteiger partial charge in [-0.1, -0.05) is 73.2 Å². The molecule has 0 N–H and O–H groups in total. The number of Topliss-reactive ketones (excluding diaryl/α,β-unsaturated/α-hetero) is 1. The Bertz CT molecular complexity index is 1090. The number of furan rings is 1.